The zero-order chi connectivity index (χ0) is 15.6. The van der Waals surface area contributed by atoms with Gasteiger partial charge in [-0.05, 0) is 45.2 Å². The Morgan fingerprint density at radius 3 is 2.35 bits per heavy atom. The second-order valence-corrected chi connectivity index (χ2v) is 7.06. The average molecular weight is 284 g/mol. The number of guanidine groups is 1. The summed E-state index contributed by atoms with van der Waals surface area (Å²) >= 11 is 0. The van der Waals surface area contributed by atoms with Gasteiger partial charge in [-0.3, -0.25) is 4.99 Å². The minimum absolute atomic E-state index is 0.198. The quantitative estimate of drug-likeness (QED) is 0.388. The van der Waals surface area contributed by atoms with Gasteiger partial charge in [0.1, 0.15) is 0 Å². The van der Waals surface area contributed by atoms with Crippen LogP contribution in [-0.2, 0) is 0 Å². The van der Waals surface area contributed by atoms with Gasteiger partial charge in [0.25, 0.3) is 0 Å². The summed E-state index contributed by atoms with van der Waals surface area (Å²) in [6, 6.07) is 0. The molecular weight excluding hydrogens is 248 g/mol. The Balaban J connectivity index is 4.24. The van der Waals surface area contributed by atoms with Crippen LogP contribution in [0.2, 0.25) is 0 Å². The first-order chi connectivity index (χ1) is 9.26. The molecule has 0 saturated carbocycles. The van der Waals surface area contributed by atoms with E-state index in [1.807, 2.05) is 0 Å². The van der Waals surface area contributed by atoms with E-state index >= 15 is 0 Å². The number of hydrogen-bond acceptors (Lipinski definition) is 2. The fourth-order valence-corrected chi connectivity index (χ4v) is 2.26. The molecule has 0 amide bonds. The van der Waals surface area contributed by atoms with Crippen LogP contribution < -0.4 is 10.6 Å². The first kappa shape index (κ1) is 19.2. The van der Waals surface area contributed by atoms with Crippen molar-refractivity contribution in [3.63, 3.8) is 0 Å². The minimum Gasteiger partial charge on any atom is -0.357 e. The molecule has 0 aromatic carbocycles. The van der Waals surface area contributed by atoms with E-state index in [1.165, 1.54) is 12.8 Å². The molecule has 0 rings (SSSR count). The first-order valence-electron chi connectivity index (χ1n) is 7.93. The van der Waals surface area contributed by atoms with E-state index in [2.05, 4.69) is 64.2 Å². The Kier molecular flexibility index (Phi) is 9.64. The molecule has 0 aromatic heterocycles. The van der Waals surface area contributed by atoms with Crippen molar-refractivity contribution in [3.8, 4) is 0 Å². The highest BCUT2D eigenvalue weighted by Gasteiger charge is 2.18. The van der Waals surface area contributed by atoms with Crippen molar-refractivity contribution in [1.29, 1.82) is 0 Å². The zero-order valence-electron chi connectivity index (χ0n) is 14.7. The summed E-state index contributed by atoms with van der Waals surface area (Å²) in [5, 5.41) is 6.75. The fraction of sp³-hybridized carbons (Fsp3) is 0.938. The molecule has 0 bridgehead atoms. The van der Waals surface area contributed by atoms with Crippen molar-refractivity contribution < 1.29 is 0 Å². The number of aliphatic imine (C=N–C) groups is 1. The molecule has 2 N–H and O–H groups in total. The topological polar surface area (TPSA) is 39.7 Å². The Labute approximate surface area is 126 Å². The monoisotopic (exact) mass is 284 g/mol. The van der Waals surface area contributed by atoms with Crippen molar-refractivity contribution in [2.75, 3.05) is 40.3 Å². The largest absolute Gasteiger partial charge is 0.357 e. The smallest absolute Gasteiger partial charge is 0.191 e. The standard InChI is InChI=1S/C16H36N4/c1-8-17-15(18-11-9-10-14(2)3)19-12-16(4,5)13-20(6)7/h14H,8-13H2,1-7H3,(H2,17,18,19). The molecular formula is C16H36N4. The Bertz CT molecular complexity index is 270. The molecule has 0 aliphatic heterocycles. The third-order valence-corrected chi connectivity index (χ3v) is 3.00. The Morgan fingerprint density at radius 2 is 1.85 bits per heavy atom. The van der Waals surface area contributed by atoms with Crippen molar-refractivity contribution in [3.05, 3.63) is 0 Å². The molecule has 0 heterocycles. The third kappa shape index (κ3) is 11.1. The first-order valence-corrected chi connectivity index (χ1v) is 7.93. The summed E-state index contributed by atoms with van der Waals surface area (Å²) in [6.45, 7) is 15.0. The highest BCUT2D eigenvalue weighted by atomic mass is 15.2. The highest BCUT2D eigenvalue weighted by Crippen LogP contribution is 2.15. The van der Waals surface area contributed by atoms with Crippen LogP contribution in [0.3, 0.4) is 0 Å². The lowest BCUT2D eigenvalue weighted by molar-refractivity contribution is 0.248. The second-order valence-electron chi connectivity index (χ2n) is 7.06. The minimum atomic E-state index is 0.198. The molecule has 0 aliphatic carbocycles. The molecule has 0 saturated heterocycles. The third-order valence-electron chi connectivity index (χ3n) is 3.00. The van der Waals surface area contributed by atoms with Gasteiger partial charge in [-0.2, -0.15) is 0 Å². The van der Waals surface area contributed by atoms with Crippen molar-refractivity contribution in [1.82, 2.24) is 15.5 Å². The van der Waals surface area contributed by atoms with Crippen LogP contribution in [-0.4, -0.2) is 51.1 Å². The molecule has 20 heavy (non-hydrogen) atoms. The SMILES string of the molecule is CCNC(=NCC(C)(C)CN(C)C)NCCCC(C)C. The van der Waals surface area contributed by atoms with Gasteiger partial charge in [-0.1, -0.05) is 27.7 Å². The molecule has 0 spiro atoms. The van der Waals surface area contributed by atoms with Gasteiger partial charge in [0.05, 0.1) is 0 Å². The van der Waals surface area contributed by atoms with Gasteiger partial charge in [0.2, 0.25) is 0 Å². The van der Waals surface area contributed by atoms with Crippen LogP contribution in [0.4, 0.5) is 0 Å². The van der Waals surface area contributed by atoms with E-state index in [1.54, 1.807) is 0 Å². The van der Waals surface area contributed by atoms with Crippen molar-refractivity contribution in [2.45, 2.75) is 47.5 Å². The van der Waals surface area contributed by atoms with Crippen molar-refractivity contribution in [2.24, 2.45) is 16.3 Å². The van der Waals surface area contributed by atoms with Gasteiger partial charge < -0.3 is 15.5 Å². The van der Waals surface area contributed by atoms with Crippen LogP contribution in [0.1, 0.15) is 47.5 Å². The lowest BCUT2D eigenvalue weighted by Crippen LogP contribution is -2.39. The van der Waals surface area contributed by atoms with Gasteiger partial charge in [-0.15, -0.1) is 0 Å². The molecule has 0 aliphatic rings. The summed E-state index contributed by atoms with van der Waals surface area (Å²) in [5.41, 5.74) is 0.198. The summed E-state index contributed by atoms with van der Waals surface area (Å²) in [7, 11) is 4.22. The normalized spacial score (nSPS) is 13.2. The molecule has 0 fully saturated rings. The maximum Gasteiger partial charge on any atom is 0.191 e. The molecule has 0 aromatic rings. The van der Waals surface area contributed by atoms with Crippen LogP contribution in [0.5, 0.6) is 0 Å². The Morgan fingerprint density at radius 1 is 1.20 bits per heavy atom. The van der Waals surface area contributed by atoms with Gasteiger partial charge in [0.15, 0.2) is 5.96 Å². The van der Waals surface area contributed by atoms with Gasteiger partial charge >= 0.3 is 0 Å². The predicted molar refractivity (Wildman–Crippen MR) is 90.4 cm³/mol. The van der Waals surface area contributed by atoms with Gasteiger partial charge in [0, 0.05) is 26.2 Å². The number of nitrogens with one attached hydrogen (secondary N) is 2. The van der Waals surface area contributed by atoms with E-state index in [9.17, 15) is 0 Å². The average Bonchev–Trinajstić information content (AvgIpc) is 2.29. The molecule has 0 atom stereocenters. The van der Waals surface area contributed by atoms with E-state index < -0.39 is 0 Å². The van der Waals surface area contributed by atoms with Crippen LogP contribution in [0.15, 0.2) is 4.99 Å². The summed E-state index contributed by atoms with van der Waals surface area (Å²) in [4.78, 5) is 6.94. The van der Waals surface area contributed by atoms with Crippen LogP contribution in [0, 0.1) is 11.3 Å². The summed E-state index contributed by atoms with van der Waals surface area (Å²) in [5.74, 6) is 1.72. The summed E-state index contributed by atoms with van der Waals surface area (Å²) < 4.78 is 0. The number of rotatable bonds is 9. The van der Waals surface area contributed by atoms with Crippen LogP contribution in [0.25, 0.3) is 0 Å². The number of nitrogens with zero attached hydrogens (tertiary/aromatic N) is 2. The zero-order valence-corrected chi connectivity index (χ0v) is 14.7. The molecule has 0 unspecified atom stereocenters. The Hall–Kier alpha value is -0.770. The maximum atomic E-state index is 4.72. The highest BCUT2D eigenvalue weighted by molar-refractivity contribution is 5.79. The predicted octanol–water partition coefficient (Wildman–Crippen LogP) is 2.57. The molecule has 120 valence electrons. The lowest BCUT2D eigenvalue weighted by Gasteiger charge is -2.26. The van der Waals surface area contributed by atoms with Crippen LogP contribution >= 0.6 is 0 Å². The second kappa shape index (κ2) is 10.0. The lowest BCUT2D eigenvalue weighted by atomic mass is 9.93. The number of hydrogen-bond donors (Lipinski definition) is 2. The molecule has 4 heteroatoms. The van der Waals surface area contributed by atoms with E-state index in [0.717, 1.165) is 38.1 Å². The molecule has 0 radical (unpaired) electrons. The van der Waals surface area contributed by atoms with E-state index in [4.69, 9.17) is 4.99 Å². The van der Waals surface area contributed by atoms with E-state index in [0.29, 0.717) is 0 Å². The fourth-order valence-electron chi connectivity index (χ4n) is 2.26. The summed E-state index contributed by atoms with van der Waals surface area (Å²) in [6.07, 6.45) is 2.46. The maximum absolute atomic E-state index is 4.72. The van der Waals surface area contributed by atoms with Gasteiger partial charge in [-0.25, -0.2) is 0 Å². The van der Waals surface area contributed by atoms with Crippen molar-refractivity contribution >= 4 is 5.96 Å². The molecule has 4 nitrogen and oxygen atoms in total. The van der Waals surface area contributed by atoms with E-state index in [-0.39, 0.29) is 5.41 Å².